The van der Waals surface area contributed by atoms with Crippen molar-refractivity contribution in [2.45, 2.75) is 6.92 Å². The monoisotopic (exact) mass is 1600 g/mol. The van der Waals surface area contributed by atoms with E-state index in [-0.39, 0.29) is 23.3 Å². The predicted octanol–water partition coefficient (Wildman–Crippen LogP) is 19.0. The van der Waals surface area contributed by atoms with Crippen LogP contribution in [0.3, 0.4) is 0 Å². The zero-order valence-corrected chi connectivity index (χ0v) is 64.5. The molecule has 26 heteroatoms. The molecule has 0 saturated carbocycles. The van der Waals surface area contributed by atoms with Crippen molar-refractivity contribution in [3.05, 3.63) is 316 Å². The molecule has 588 valence electrons. The van der Waals surface area contributed by atoms with Crippen LogP contribution in [0.5, 0.6) is 5.88 Å². The van der Waals surface area contributed by atoms with Gasteiger partial charge in [0, 0.05) is 164 Å². The van der Waals surface area contributed by atoms with Gasteiger partial charge in [-0.2, -0.15) is 0 Å². The Morgan fingerprint density at radius 3 is 1.42 bits per heavy atom. The van der Waals surface area contributed by atoms with Gasteiger partial charge in [0.1, 0.15) is 52.8 Å². The Morgan fingerprint density at radius 1 is 0.339 bits per heavy atom. The van der Waals surface area contributed by atoms with E-state index in [0.717, 1.165) is 137 Å². The molecule has 16 aromatic heterocycles. The van der Waals surface area contributed by atoms with Crippen LogP contribution in [0.4, 0.5) is 35.0 Å². The Morgan fingerprint density at radius 2 is 0.810 bits per heavy atom. The molecule has 0 unspecified atom stereocenters. The number of ether oxygens (including phenoxy) is 2. The summed E-state index contributed by atoms with van der Waals surface area (Å²) >= 11 is 0. The van der Waals surface area contributed by atoms with Crippen LogP contribution in [-0.4, -0.2) is 124 Å². The average molecular weight is 1600 g/mol. The molecule has 0 radical (unpaired) electrons. The minimum atomic E-state index is -0.367. The number of rotatable bonds is 12. The Labute approximate surface area is 687 Å². The number of pyridine rings is 16. The topological polar surface area (TPSA) is 306 Å². The quantitative estimate of drug-likeness (QED) is 0.0957. The SMILES string of the molecule is Cc1ccc(F)c(-c2cc(-c3cc(OCCN4CCOCC4)nc4cnccc34)c3cccnc3n2)c1.Fc1ccccc1-c1cc(-c2ccnc3cnccc23)c2cccnc2n1.Nc1ccc2c(-c3nccc4c(N)nccc34)cc(-c3ccccc3F)nc2n1.Nc1nccc2c(-c3cc(-c4ccccc4F)nc4ncccc34)ccnc12. The zero-order valence-electron chi connectivity index (χ0n) is 64.5. The molecule has 0 amide bonds. The van der Waals surface area contributed by atoms with Crippen LogP contribution in [0.1, 0.15) is 5.56 Å². The smallest absolute Gasteiger partial charge is 0.214 e. The Balaban J connectivity index is 0.000000111. The first-order chi connectivity index (χ1) is 59.3. The number of morpholine rings is 1. The van der Waals surface area contributed by atoms with E-state index < -0.39 is 0 Å². The zero-order chi connectivity index (χ0) is 82.5. The van der Waals surface area contributed by atoms with E-state index in [0.29, 0.717) is 109 Å². The standard InChI is InChI=1S/C29H26FN5O2.C22H15FN6.C22H14FN5.C22H13FN4/c1-19-4-5-25(30)24(15-19)26-16-22(21-3-2-7-32-29(21)34-26)23-17-28(33-27-18-31-8-6-20(23)27)37-14-11-35-9-12-36-13-10-35;23-17-4-2-1-3-15(17)18-11-16(14-5-6-19(24)29-22(14)28-18)20-12-7-10-27-21(25)13(12)8-9-26-20;23-18-6-2-1-4-16(18)19-12-17(15-5-3-9-27-22(15)28-19)13-7-10-25-20-14(13)8-11-26-21(20)24;23-19-6-2-1-4-17(19)20-12-18(16-5-3-9-26-22(16)27-20)14-8-11-25-21-13-24-10-7-15(14)21/h2-8,15-18H,9-14H2,1H3;1-11H,(H2,25,27)(H2,24,28,29);1-12H,(H2,24,26);1-13H. The third-order valence-corrected chi connectivity index (χ3v) is 20.7. The number of fused-ring (bicyclic) bond motifs is 8. The summed E-state index contributed by atoms with van der Waals surface area (Å²) in [6.07, 6.45) is 20.4. The molecular formula is C95H68F4N20O2. The van der Waals surface area contributed by atoms with Gasteiger partial charge in [-0.15, -0.1) is 0 Å². The number of nitrogen functional groups attached to an aromatic ring is 3. The summed E-state index contributed by atoms with van der Waals surface area (Å²) in [5.41, 5.74) is 33.8. The van der Waals surface area contributed by atoms with Crippen molar-refractivity contribution in [2.24, 2.45) is 0 Å². The molecule has 0 aliphatic carbocycles. The van der Waals surface area contributed by atoms with Gasteiger partial charge in [0.15, 0.2) is 22.6 Å². The number of nitrogens with zero attached hydrogens (tertiary/aromatic N) is 17. The van der Waals surface area contributed by atoms with Crippen LogP contribution in [0.15, 0.2) is 287 Å². The molecule has 6 N–H and O–H groups in total. The molecule has 0 bridgehead atoms. The van der Waals surface area contributed by atoms with Crippen LogP contribution >= 0.6 is 0 Å². The van der Waals surface area contributed by atoms with E-state index in [2.05, 4.69) is 74.7 Å². The van der Waals surface area contributed by atoms with Crippen LogP contribution in [0, 0.1) is 30.2 Å². The molecule has 17 heterocycles. The van der Waals surface area contributed by atoms with Crippen molar-refractivity contribution < 1.29 is 27.0 Å². The first kappa shape index (κ1) is 76.5. The van der Waals surface area contributed by atoms with Crippen molar-refractivity contribution in [1.29, 1.82) is 0 Å². The van der Waals surface area contributed by atoms with Gasteiger partial charge in [0.25, 0.3) is 0 Å². The molecule has 1 aliphatic rings. The summed E-state index contributed by atoms with van der Waals surface area (Å²) in [6, 6.07) is 62.6. The Bertz CT molecular complexity index is 7370. The summed E-state index contributed by atoms with van der Waals surface area (Å²) in [5, 5.41) is 7.78. The summed E-state index contributed by atoms with van der Waals surface area (Å²) in [4.78, 5) is 73.2. The lowest BCUT2D eigenvalue weighted by molar-refractivity contribution is 0.0320. The molecular weight excluding hydrogens is 1530 g/mol. The lowest BCUT2D eigenvalue weighted by Crippen LogP contribution is -2.38. The molecule has 0 atom stereocenters. The molecule has 21 rings (SSSR count). The van der Waals surface area contributed by atoms with Crippen molar-refractivity contribution in [1.82, 2.24) is 84.6 Å². The maximum atomic E-state index is 14.9. The second kappa shape index (κ2) is 33.8. The molecule has 1 saturated heterocycles. The van der Waals surface area contributed by atoms with E-state index in [1.54, 1.807) is 141 Å². The minimum Gasteiger partial charge on any atom is -0.476 e. The number of aromatic nitrogens is 16. The highest BCUT2D eigenvalue weighted by atomic mass is 19.1. The fourth-order valence-corrected chi connectivity index (χ4v) is 14.9. The normalized spacial score (nSPS) is 12.1. The van der Waals surface area contributed by atoms with Gasteiger partial charge in [-0.3, -0.25) is 29.8 Å². The highest BCUT2D eigenvalue weighted by Crippen LogP contribution is 2.42. The molecule has 20 aromatic rings. The molecule has 4 aromatic carbocycles. The van der Waals surface area contributed by atoms with Gasteiger partial charge >= 0.3 is 0 Å². The molecule has 1 fully saturated rings. The van der Waals surface area contributed by atoms with Crippen molar-refractivity contribution in [3.63, 3.8) is 0 Å². The highest BCUT2D eigenvalue weighted by molar-refractivity contribution is 6.09. The van der Waals surface area contributed by atoms with E-state index in [9.17, 15) is 17.6 Å². The van der Waals surface area contributed by atoms with Gasteiger partial charge in [0.2, 0.25) is 5.88 Å². The first-order valence-electron chi connectivity index (χ1n) is 38.5. The maximum Gasteiger partial charge on any atom is 0.214 e. The largest absolute Gasteiger partial charge is 0.476 e. The van der Waals surface area contributed by atoms with Crippen LogP contribution < -0.4 is 21.9 Å². The number of anilines is 3. The molecule has 22 nitrogen and oxygen atoms in total. The van der Waals surface area contributed by atoms with Crippen LogP contribution in [0.25, 0.3) is 177 Å². The number of aryl methyl sites for hydroxylation is 1. The lowest BCUT2D eigenvalue weighted by atomic mass is 9.97. The number of halogens is 4. The Kier molecular flexibility index (Phi) is 21.4. The van der Waals surface area contributed by atoms with Crippen molar-refractivity contribution >= 4 is 105 Å². The van der Waals surface area contributed by atoms with Crippen LogP contribution in [0.2, 0.25) is 0 Å². The minimum absolute atomic E-state index is 0.310. The second-order valence-corrected chi connectivity index (χ2v) is 28.2. The lowest BCUT2D eigenvalue weighted by Gasteiger charge is -2.26. The second-order valence-electron chi connectivity index (χ2n) is 28.2. The van der Waals surface area contributed by atoms with Gasteiger partial charge in [-0.25, -0.2) is 72.4 Å². The highest BCUT2D eigenvalue weighted by Gasteiger charge is 2.23. The third-order valence-electron chi connectivity index (χ3n) is 20.7. The van der Waals surface area contributed by atoms with Crippen molar-refractivity contribution in [3.8, 4) is 95.5 Å². The van der Waals surface area contributed by atoms with Crippen molar-refractivity contribution in [2.75, 3.05) is 56.7 Å². The molecule has 121 heavy (non-hydrogen) atoms. The third kappa shape index (κ3) is 15.8. The van der Waals surface area contributed by atoms with E-state index in [1.165, 1.54) is 24.3 Å². The van der Waals surface area contributed by atoms with Gasteiger partial charge in [-0.1, -0.05) is 48.0 Å². The van der Waals surface area contributed by atoms with Gasteiger partial charge in [-0.05, 0) is 204 Å². The van der Waals surface area contributed by atoms with E-state index in [4.69, 9.17) is 36.6 Å². The van der Waals surface area contributed by atoms with E-state index in [1.807, 2.05) is 128 Å². The summed E-state index contributed by atoms with van der Waals surface area (Å²) in [5.74, 6) is 0.302. The number of nitrogens with two attached hydrogens (primary N) is 3. The first-order valence-corrected chi connectivity index (χ1v) is 38.5. The molecule has 0 spiro atoms. The fourth-order valence-electron chi connectivity index (χ4n) is 14.9. The predicted molar refractivity (Wildman–Crippen MR) is 465 cm³/mol. The van der Waals surface area contributed by atoms with Gasteiger partial charge < -0.3 is 26.7 Å². The number of hydrogen-bond acceptors (Lipinski definition) is 22. The van der Waals surface area contributed by atoms with E-state index >= 15 is 0 Å². The average Bonchev–Trinajstić information content (AvgIpc) is 0.777. The number of benzene rings is 4. The van der Waals surface area contributed by atoms with Gasteiger partial charge in [0.05, 0.1) is 65.1 Å². The number of hydrogen-bond donors (Lipinski definition) is 3. The fraction of sp³-hybridized carbons (Fsp3) is 0.0737. The maximum absolute atomic E-state index is 14.9. The molecule has 1 aliphatic heterocycles. The summed E-state index contributed by atoms with van der Waals surface area (Å²) in [7, 11) is 0. The summed E-state index contributed by atoms with van der Waals surface area (Å²) in [6.45, 7) is 6.54. The van der Waals surface area contributed by atoms with Crippen LogP contribution in [-0.2, 0) is 4.74 Å². The summed E-state index contributed by atoms with van der Waals surface area (Å²) < 4.78 is 69.7. The Hall–Kier alpha value is -15.8.